The number of hydrogen-bond donors (Lipinski definition) is 2. The lowest BCUT2D eigenvalue weighted by Crippen LogP contribution is -2.30. The molecule has 6 nitrogen and oxygen atoms in total. The van der Waals surface area contributed by atoms with Gasteiger partial charge in [0.25, 0.3) is 11.8 Å². The highest BCUT2D eigenvalue weighted by Gasteiger charge is 2.24. The summed E-state index contributed by atoms with van der Waals surface area (Å²) in [7, 11) is -3.71. The molecule has 0 aliphatic carbocycles. The van der Waals surface area contributed by atoms with E-state index >= 15 is 0 Å². The fourth-order valence-corrected chi connectivity index (χ4v) is 3.99. The molecule has 2 amide bonds. The van der Waals surface area contributed by atoms with Gasteiger partial charge in [-0.05, 0) is 48.9 Å². The third kappa shape index (κ3) is 3.65. The molecular weight excluding hydrogens is 348 g/mol. The monoisotopic (exact) mass is 366 g/mol. The van der Waals surface area contributed by atoms with Gasteiger partial charge in [0.05, 0.1) is 11.1 Å². The van der Waals surface area contributed by atoms with Gasteiger partial charge in [0.15, 0.2) is 0 Å². The van der Waals surface area contributed by atoms with E-state index in [9.17, 15) is 18.0 Å². The lowest BCUT2D eigenvalue weighted by Gasteiger charge is -2.15. The van der Waals surface area contributed by atoms with E-state index in [1.165, 1.54) is 11.3 Å². The maximum absolute atomic E-state index is 12.5. The molecule has 0 atom stereocenters. The predicted octanol–water partition coefficient (Wildman–Crippen LogP) is 2.13. The van der Waals surface area contributed by atoms with Gasteiger partial charge in [-0.25, -0.2) is 13.1 Å². The van der Waals surface area contributed by atoms with Crippen molar-refractivity contribution in [3.8, 4) is 11.1 Å². The van der Waals surface area contributed by atoms with Crippen LogP contribution in [-0.2, 0) is 10.0 Å². The summed E-state index contributed by atoms with van der Waals surface area (Å²) in [6.45, 7) is 5.43. The highest BCUT2D eigenvalue weighted by Crippen LogP contribution is 2.37. The van der Waals surface area contributed by atoms with E-state index in [1.807, 2.05) is 24.6 Å². The second-order valence-corrected chi connectivity index (χ2v) is 8.32. The van der Waals surface area contributed by atoms with E-state index in [1.54, 1.807) is 18.4 Å². The van der Waals surface area contributed by atoms with E-state index < -0.39 is 21.8 Å². The highest BCUT2D eigenvalue weighted by atomic mass is 32.2. The number of nitrogens with two attached hydrogens (primary N) is 1. The summed E-state index contributed by atoms with van der Waals surface area (Å²) in [4.78, 5) is 24.5. The predicted molar refractivity (Wildman–Crippen MR) is 94.8 cm³/mol. The lowest BCUT2D eigenvalue weighted by atomic mass is 9.91. The Morgan fingerprint density at radius 2 is 1.71 bits per heavy atom. The molecule has 1 aromatic carbocycles. The first kappa shape index (κ1) is 18.2. The minimum absolute atomic E-state index is 0.196. The van der Waals surface area contributed by atoms with Gasteiger partial charge in [0.1, 0.15) is 0 Å². The first-order valence-corrected chi connectivity index (χ1v) is 9.80. The molecule has 0 fully saturated rings. The summed E-state index contributed by atoms with van der Waals surface area (Å²) in [5, 5.41) is 1.78. The maximum atomic E-state index is 12.5. The van der Waals surface area contributed by atoms with Gasteiger partial charge in [-0.3, -0.25) is 9.59 Å². The number of carbonyl (C=O) groups is 2. The molecule has 0 aliphatic heterocycles. The lowest BCUT2D eigenvalue weighted by molar-refractivity contribution is 0.0978. The van der Waals surface area contributed by atoms with Crippen molar-refractivity contribution in [3.63, 3.8) is 0 Å². The van der Waals surface area contributed by atoms with Gasteiger partial charge >= 0.3 is 0 Å². The quantitative estimate of drug-likeness (QED) is 0.864. The molecule has 0 spiro atoms. The van der Waals surface area contributed by atoms with Crippen molar-refractivity contribution >= 4 is 33.2 Å². The SMILES string of the molecule is Cc1cc(C)c(-c2c(C)csc2C(N)=O)c(C(=O)NS(C)(=O)=O)c1. The van der Waals surface area contributed by atoms with Crippen LogP contribution in [0.2, 0.25) is 0 Å². The molecule has 128 valence electrons. The number of amides is 2. The Morgan fingerprint density at radius 1 is 1.08 bits per heavy atom. The number of sulfonamides is 1. The minimum Gasteiger partial charge on any atom is -0.365 e. The van der Waals surface area contributed by atoms with Crippen molar-refractivity contribution < 1.29 is 18.0 Å². The van der Waals surface area contributed by atoms with Crippen LogP contribution in [0.15, 0.2) is 17.5 Å². The van der Waals surface area contributed by atoms with Gasteiger partial charge in [-0.2, -0.15) is 0 Å². The summed E-state index contributed by atoms with van der Waals surface area (Å²) in [5.41, 5.74) is 9.11. The molecule has 1 aromatic heterocycles. The number of aryl methyl sites for hydroxylation is 3. The van der Waals surface area contributed by atoms with Gasteiger partial charge in [0, 0.05) is 11.1 Å². The first-order valence-electron chi connectivity index (χ1n) is 7.03. The van der Waals surface area contributed by atoms with E-state index in [2.05, 4.69) is 0 Å². The number of thiophene rings is 1. The fraction of sp³-hybridized carbons (Fsp3) is 0.250. The van der Waals surface area contributed by atoms with Crippen LogP contribution < -0.4 is 10.5 Å². The number of nitrogens with one attached hydrogen (secondary N) is 1. The Balaban J connectivity index is 2.78. The van der Waals surface area contributed by atoms with Crippen LogP contribution in [0.25, 0.3) is 11.1 Å². The zero-order valence-electron chi connectivity index (χ0n) is 13.8. The van der Waals surface area contributed by atoms with Crippen LogP contribution in [-0.4, -0.2) is 26.5 Å². The molecule has 8 heteroatoms. The summed E-state index contributed by atoms with van der Waals surface area (Å²) in [5.74, 6) is -1.32. The van der Waals surface area contributed by atoms with Crippen LogP contribution in [0.4, 0.5) is 0 Å². The topological polar surface area (TPSA) is 106 Å². The number of primary amides is 1. The normalized spacial score (nSPS) is 11.3. The smallest absolute Gasteiger partial charge is 0.265 e. The third-order valence-electron chi connectivity index (χ3n) is 3.45. The number of hydrogen-bond acceptors (Lipinski definition) is 5. The molecule has 1 heterocycles. The standard InChI is InChI=1S/C16H18N2O4S2/c1-8-5-9(2)12(11(6-8)16(20)18-24(4,21)22)13-10(3)7-23-14(13)15(17)19/h5-7H,1-4H3,(H2,17,19)(H,18,20). The van der Waals surface area contributed by atoms with Crippen LogP contribution in [0.5, 0.6) is 0 Å². The van der Waals surface area contributed by atoms with Crippen LogP contribution >= 0.6 is 11.3 Å². The van der Waals surface area contributed by atoms with Gasteiger partial charge < -0.3 is 5.73 Å². The van der Waals surface area contributed by atoms with E-state index in [4.69, 9.17) is 5.73 Å². The summed E-state index contributed by atoms with van der Waals surface area (Å²) >= 11 is 1.20. The van der Waals surface area contributed by atoms with E-state index in [0.29, 0.717) is 16.0 Å². The second kappa shape index (κ2) is 6.37. The second-order valence-electron chi connectivity index (χ2n) is 5.69. The molecule has 2 rings (SSSR count). The Morgan fingerprint density at radius 3 is 2.25 bits per heavy atom. The zero-order valence-corrected chi connectivity index (χ0v) is 15.4. The Hall–Kier alpha value is -2.19. The van der Waals surface area contributed by atoms with Gasteiger partial charge in [-0.1, -0.05) is 11.6 Å². The minimum atomic E-state index is -3.71. The molecular formula is C16H18N2O4S2. The summed E-state index contributed by atoms with van der Waals surface area (Å²) in [6.07, 6.45) is 0.915. The largest absolute Gasteiger partial charge is 0.365 e. The Bertz CT molecular complexity index is 943. The van der Waals surface area contributed by atoms with Crippen LogP contribution in [0.1, 0.15) is 36.7 Å². The molecule has 0 unspecified atom stereocenters. The number of rotatable bonds is 4. The van der Waals surface area contributed by atoms with E-state index in [0.717, 1.165) is 22.9 Å². The number of carbonyl (C=O) groups excluding carboxylic acids is 2. The molecule has 2 aromatic rings. The highest BCUT2D eigenvalue weighted by molar-refractivity contribution is 7.89. The molecule has 24 heavy (non-hydrogen) atoms. The van der Waals surface area contributed by atoms with Gasteiger partial charge in [0.2, 0.25) is 10.0 Å². The molecule has 3 N–H and O–H groups in total. The summed E-state index contributed by atoms with van der Waals surface area (Å²) < 4.78 is 24.8. The number of benzene rings is 1. The van der Waals surface area contributed by atoms with E-state index in [-0.39, 0.29) is 5.56 Å². The average Bonchev–Trinajstić information content (AvgIpc) is 2.78. The maximum Gasteiger partial charge on any atom is 0.265 e. The Kier molecular flexibility index (Phi) is 4.82. The average molecular weight is 366 g/mol. The first-order chi connectivity index (χ1) is 11.0. The zero-order chi connectivity index (χ0) is 18.2. The van der Waals surface area contributed by atoms with Gasteiger partial charge in [-0.15, -0.1) is 11.3 Å². The molecule has 0 radical (unpaired) electrons. The molecule has 0 saturated carbocycles. The molecule has 0 aliphatic rings. The van der Waals surface area contributed by atoms with Crippen molar-refractivity contribution in [2.24, 2.45) is 5.73 Å². The molecule has 0 saturated heterocycles. The van der Waals surface area contributed by atoms with Crippen molar-refractivity contribution in [1.82, 2.24) is 4.72 Å². The Labute approximate surface area is 144 Å². The molecule has 0 bridgehead atoms. The van der Waals surface area contributed by atoms with Crippen LogP contribution in [0, 0.1) is 20.8 Å². The van der Waals surface area contributed by atoms with Crippen molar-refractivity contribution in [1.29, 1.82) is 0 Å². The third-order valence-corrected chi connectivity index (χ3v) is 5.12. The van der Waals surface area contributed by atoms with Crippen molar-refractivity contribution in [2.45, 2.75) is 20.8 Å². The van der Waals surface area contributed by atoms with Crippen molar-refractivity contribution in [3.05, 3.63) is 44.6 Å². The fourth-order valence-electron chi connectivity index (χ4n) is 2.64. The summed E-state index contributed by atoms with van der Waals surface area (Å²) in [6, 6.07) is 3.47. The van der Waals surface area contributed by atoms with Crippen molar-refractivity contribution in [2.75, 3.05) is 6.26 Å². The van der Waals surface area contributed by atoms with Crippen LogP contribution in [0.3, 0.4) is 0 Å².